The van der Waals surface area contributed by atoms with E-state index in [4.69, 9.17) is 33.2 Å². The molecule has 3 aliphatic carbocycles. The number of hydrogen-bond acceptors (Lipinski definition) is 17. The van der Waals surface area contributed by atoms with Gasteiger partial charge in [-0.1, -0.05) is 98.3 Å². The predicted octanol–water partition coefficient (Wildman–Crippen LogP) is 7.01. The number of Topliss-reactive ketones (excluding diaryl/α,β-unsaturated/α-hetero) is 1. The van der Waals surface area contributed by atoms with Gasteiger partial charge in [-0.2, -0.15) is 0 Å². The van der Waals surface area contributed by atoms with Crippen molar-refractivity contribution in [3.8, 4) is 0 Å². The Labute approximate surface area is 457 Å². The lowest BCUT2D eigenvalue weighted by atomic mass is 9.44. The molecule has 4 N–H and O–H groups in total. The van der Waals surface area contributed by atoms with Crippen LogP contribution in [0.2, 0.25) is 0 Å². The van der Waals surface area contributed by atoms with E-state index in [0.29, 0.717) is 12.1 Å². The Morgan fingerprint density at radius 2 is 1.39 bits per heavy atom. The van der Waals surface area contributed by atoms with Crippen molar-refractivity contribution >= 4 is 53.3 Å². The SMILES string of the molecule is CC(=O)O[C@H]1C(=O)[C@@]2(C)[C@H]([C@H](OC(=O)c3ccccc3)[C@]3(O)C[C@H](OC(=O)[C@H](OC(=O)OCCCCC(=O)Nc4ccc(C)cc4)[C@@H](NC(=O)c4ccccc4)c4ccccc4)C(C)=C1C3(C)C)[C@]1(OC(C)=O)CO[C@@H]1C[C@@H]2O. The summed E-state index contributed by atoms with van der Waals surface area (Å²) in [4.78, 5) is 113. The normalized spacial score (nSPS) is 27.3. The second-order valence-corrected chi connectivity index (χ2v) is 21.4. The molecular weight excluding hydrogens is 1020 g/mol. The zero-order valence-electron chi connectivity index (χ0n) is 45.1. The second-order valence-electron chi connectivity index (χ2n) is 21.4. The number of benzene rings is 4. The molecule has 8 rings (SSSR count). The van der Waals surface area contributed by atoms with E-state index in [2.05, 4.69) is 10.6 Å². The Morgan fingerprint density at radius 3 is 1.99 bits per heavy atom. The molecule has 4 aromatic carbocycles. The average Bonchev–Trinajstić information content (AvgIpc) is 3.56. The van der Waals surface area contributed by atoms with E-state index < -0.39 is 119 Å². The molecule has 0 spiro atoms. The Hall–Kier alpha value is -7.74. The van der Waals surface area contributed by atoms with Gasteiger partial charge in [-0.15, -0.1) is 0 Å². The first-order valence-electron chi connectivity index (χ1n) is 26.2. The molecule has 1 heterocycles. The van der Waals surface area contributed by atoms with Crippen LogP contribution in [0.4, 0.5) is 10.5 Å². The smallest absolute Gasteiger partial charge is 0.455 e. The van der Waals surface area contributed by atoms with Crippen molar-refractivity contribution in [2.24, 2.45) is 16.7 Å². The van der Waals surface area contributed by atoms with E-state index in [9.17, 15) is 39.0 Å². The molecule has 2 bridgehead atoms. The number of fused-ring (bicyclic) bond motifs is 5. The van der Waals surface area contributed by atoms with E-state index in [-0.39, 0.29) is 66.2 Å². The summed E-state index contributed by atoms with van der Waals surface area (Å²) < 4.78 is 42.2. The molecule has 79 heavy (non-hydrogen) atoms. The summed E-state index contributed by atoms with van der Waals surface area (Å²) in [7, 11) is 0. The van der Waals surface area contributed by atoms with Gasteiger partial charge < -0.3 is 54.0 Å². The molecule has 0 aromatic heterocycles. The molecular formula is C60H66N2O17. The molecule has 3 fully saturated rings. The van der Waals surface area contributed by atoms with Crippen molar-refractivity contribution in [2.45, 2.75) is 134 Å². The lowest BCUT2D eigenvalue weighted by Gasteiger charge is -2.67. The molecule has 4 aliphatic rings. The molecule has 418 valence electrons. The number of carbonyl (C=O) groups excluding carboxylic acids is 8. The number of carbonyl (C=O) groups is 8. The summed E-state index contributed by atoms with van der Waals surface area (Å²) in [5, 5.41) is 31.9. The Balaban J connectivity index is 1.20. The number of rotatable bonds is 17. The van der Waals surface area contributed by atoms with Crippen molar-refractivity contribution in [3.05, 3.63) is 149 Å². The highest BCUT2D eigenvalue weighted by atomic mass is 16.7. The fourth-order valence-electron chi connectivity index (χ4n) is 11.8. The first kappa shape index (κ1) is 57.4. The Kier molecular flexibility index (Phi) is 16.9. The van der Waals surface area contributed by atoms with Crippen LogP contribution in [0, 0.1) is 23.7 Å². The number of anilines is 1. The van der Waals surface area contributed by atoms with Gasteiger partial charge in [0.05, 0.1) is 36.2 Å². The summed E-state index contributed by atoms with van der Waals surface area (Å²) in [6.07, 6.45) is -11.8. The van der Waals surface area contributed by atoms with Crippen molar-refractivity contribution in [1.29, 1.82) is 0 Å². The molecule has 11 atom stereocenters. The van der Waals surface area contributed by atoms with Crippen molar-refractivity contribution in [3.63, 3.8) is 0 Å². The molecule has 0 radical (unpaired) electrons. The van der Waals surface area contributed by atoms with Gasteiger partial charge in [0, 0.05) is 49.8 Å². The minimum Gasteiger partial charge on any atom is -0.455 e. The largest absolute Gasteiger partial charge is 0.509 e. The van der Waals surface area contributed by atoms with E-state index in [0.717, 1.165) is 19.4 Å². The number of unbranched alkanes of at least 4 members (excludes halogenated alkanes) is 1. The van der Waals surface area contributed by atoms with Crippen LogP contribution in [-0.2, 0) is 57.1 Å². The lowest BCUT2D eigenvalue weighted by molar-refractivity contribution is -0.346. The average molecular weight is 1090 g/mol. The quantitative estimate of drug-likeness (QED) is 0.0358. The van der Waals surface area contributed by atoms with Gasteiger partial charge in [0.2, 0.25) is 12.0 Å². The van der Waals surface area contributed by atoms with Gasteiger partial charge in [0.25, 0.3) is 5.91 Å². The molecule has 2 saturated carbocycles. The molecule has 2 amide bonds. The summed E-state index contributed by atoms with van der Waals surface area (Å²) >= 11 is 0. The zero-order valence-corrected chi connectivity index (χ0v) is 45.1. The van der Waals surface area contributed by atoms with E-state index in [1.54, 1.807) is 78.9 Å². The molecule has 1 saturated heterocycles. The van der Waals surface area contributed by atoms with Crippen LogP contribution in [0.5, 0.6) is 0 Å². The Morgan fingerprint density at radius 1 is 0.772 bits per heavy atom. The van der Waals surface area contributed by atoms with Gasteiger partial charge in [0.15, 0.2) is 17.5 Å². The number of nitrogens with one attached hydrogen (secondary N) is 2. The number of amides is 2. The van der Waals surface area contributed by atoms with Gasteiger partial charge in [-0.25, -0.2) is 14.4 Å². The Bertz CT molecular complexity index is 2980. The van der Waals surface area contributed by atoms with Crippen LogP contribution in [0.15, 0.2) is 126 Å². The number of aliphatic hydroxyl groups excluding tert-OH is 1. The van der Waals surface area contributed by atoms with E-state index >= 15 is 9.59 Å². The van der Waals surface area contributed by atoms with Crippen LogP contribution in [0.25, 0.3) is 0 Å². The highest BCUT2D eigenvalue weighted by molar-refractivity contribution is 5.96. The zero-order chi connectivity index (χ0) is 57.0. The lowest BCUT2D eigenvalue weighted by Crippen LogP contribution is -2.82. The fraction of sp³-hybridized carbons (Fsp3) is 0.433. The third-order valence-electron chi connectivity index (χ3n) is 16.0. The minimum absolute atomic E-state index is 0.0295. The number of ether oxygens (including phenoxy) is 7. The van der Waals surface area contributed by atoms with Crippen molar-refractivity contribution in [2.75, 3.05) is 18.5 Å². The summed E-state index contributed by atoms with van der Waals surface area (Å²) in [5.41, 5.74) is -6.05. The van der Waals surface area contributed by atoms with Crippen LogP contribution in [0.3, 0.4) is 0 Å². The number of ketones is 1. The highest BCUT2D eigenvalue weighted by Crippen LogP contribution is 2.64. The molecule has 1 aliphatic heterocycles. The number of hydrogen-bond donors (Lipinski definition) is 4. The number of aliphatic hydroxyl groups is 2. The summed E-state index contributed by atoms with van der Waals surface area (Å²) in [5.74, 6) is -7.49. The monoisotopic (exact) mass is 1090 g/mol. The van der Waals surface area contributed by atoms with Gasteiger partial charge in [0.1, 0.15) is 30.0 Å². The summed E-state index contributed by atoms with van der Waals surface area (Å²) in [6, 6.07) is 29.7. The minimum atomic E-state index is -2.50. The highest BCUT2D eigenvalue weighted by Gasteiger charge is 2.78. The maximum absolute atomic E-state index is 15.8. The molecule has 0 unspecified atom stereocenters. The fourth-order valence-corrected chi connectivity index (χ4v) is 11.8. The third-order valence-corrected chi connectivity index (χ3v) is 16.0. The maximum Gasteiger partial charge on any atom is 0.509 e. The maximum atomic E-state index is 15.8. The van der Waals surface area contributed by atoms with E-state index in [1.165, 1.54) is 52.0 Å². The number of esters is 4. The molecule has 19 nitrogen and oxygen atoms in total. The van der Waals surface area contributed by atoms with Crippen LogP contribution in [-0.4, -0.2) is 119 Å². The third kappa shape index (κ3) is 11.4. The van der Waals surface area contributed by atoms with Crippen LogP contribution in [0.1, 0.15) is 112 Å². The van der Waals surface area contributed by atoms with Crippen LogP contribution >= 0.6 is 0 Å². The van der Waals surface area contributed by atoms with Crippen molar-refractivity contribution < 1.29 is 81.7 Å². The predicted molar refractivity (Wildman–Crippen MR) is 282 cm³/mol. The molecule has 19 heteroatoms. The topological polar surface area (TPSA) is 266 Å². The summed E-state index contributed by atoms with van der Waals surface area (Å²) in [6.45, 7) is 9.47. The van der Waals surface area contributed by atoms with E-state index in [1.807, 2.05) is 19.1 Å². The molecule has 4 aromatic rings. The van der Waals surface area contributed by atoms with Gasteiger partial charge in [-0.05, 0) is 86.7 Å². The second kappa shape index (κ2) is 23.3. The standard InChI is InChI=1S/C60H66N2O17/c1-34-26-28-41(29-27-34)61-45(66)25-17-18-30-73-56(71)77-49(47(38-19-11-8-12-20-38)62-53(68)39-21-13-9-14-22-39)55(70)76-42-32-60(72)52(78-54(69)40-23-15-10-16-24-40)50-58(7,43(65)31-44-59(50,33-74-44)79-37(4)64)51(67)48(75-36(3)63)46(35(42)2)57(60,5)6/h8-16,19-24,26-29,42-44,47-50,52,65,72H,17-18,25,30-33H2,1-7H3,(H,61,66)(H,62,68)/t42-,43-,44+,47-,48+,49+,50-,52-,58+,59-,60+/m0/s1. The first-order chi connectivity index (χ1) is 37.5. The van der Waals surface area contributed by atoms with Crippen molar-refractivity contribution in [1.82, 2.24) is 5.32 Å². The van der Waals surface area contributed by atoms with Crippen LogP contribution < -0.4 is 10.6 Å². The number of aryl methyl sites for hydroxylation is 1. The van der Waals surface area contributed by atoms with Gasteiger partial charge in [-0.3, -0.25) is 24.0 Å². The first-order valence-corrected chi connectivity index (χ1v) is 26.2. The van der Waals surface area contributed by atoms with Gasteiger partial charge >= 0.3 is 30.0 Å².